The van der Waals surface area contributed by atoms with Crippen LogP contribution in [0, 0.1) is 0 Å². The molecule has 1 saturated heterocycles. The molecule has 2 aliphatic heterocycles. The van der Waals surface area contributed by atoms with Crippen LogP contribution < -0.4 is 20.1 Å². The van der Waals surface area contributed by atoms with Gasteiger partial charge in [-0.3, -0.25) is 28.8 Å². The lowest BCUT2D eigenvalue weighted by Crippen LogP contribution is -2.74. The van der Waals surface area contributed by atoms with E-state index in [-0.39, 0.29) is 39.9 Å². The number of alkyl halides is 1. The number of fused-ring (bicyclic) bond motifs is 1. The molecule has 1 aromatic heterocycles. The number of carbonyl (C=O) groups is 6. The van der Waals surface area contributed by atoms with Crippen LogP contribution in [0.1, 0.15) is 64.8 Å². The molecule has 64 heavy (non-hydrogen) atoms. The highest BCUT2D eigenvalue weighted by Gasteiger charge is 2.57. The first kappa shape index (κ1) is 49.4. The number of anilines is 1. The zero-order valence-electron chi connectivity index (χ0n) is 36.2. The number of ether oxygens (including phenoxy) is 6. The molecule has 4 atom stereocenters. The molecule has 0 spiro atoms. The zero-order chi connectivity index (χ0) is 46.9. The normalized spacial score (nSPS) is 17.8. The summed E-state index contributed by atoms with van der Waals surface area (Å²) in [5, 5.41) is 9.10. The maximum Gasteiger partial charge on any atom is 0.413 e. The first-order valence-electron chi connectivity index (χ1n) is 19.5. The Labute approximate surface area is 389 Å². The van der Waals surface area contributed by atoms with Gasteiger partial charge in [0.2, 0.25) is 6.10 Å². The van der Waals surface area contributed by atoms with Crippen molar-refractivity contribution < 1.29 is 66.2 Å². The number of β-lactam (4-membered cyclic amide) rings is 1. The van der Waals surface area contributed by atoms with Crippen LogP contribution >= 0.6 is 33.9 Å². The molecular weight excluding hydrogens is 990 g/mol. The lowest BCUT2D eigenvalue weighted by molar-refractivity contribution is -0.169. The fraction of sp³-hybridized carbons (Fsp3) is 0.429. The molecule has 344 valence electrons. The van der Waals surface area contributed by atoms with E-state index in [1.165, 1.54) is 19.6 Å². The number of rotatable bonds is 17. The van der Waals surface area contributed by atoms with Gasteiger partial charge in [-0.1, -0.05) is 52.0 Å². The van der Waals surface area contributed by atoms with E-state index in [1.807, 2.05) is 22.6 Å². The van der Waals surface area contributed by atoms with E-state index in [2.05, 4.69) is 20.8 Å². The van der Waals surface area contributed by atoms with Gasteiger partial charge in [-0.2, -0.15) is 0 Å². The van der Waals surface area contributed by atoms with Crippen molar-refractivity contribution in [3.8, 4) is 11.5 Å². The summed E-state index contributed by atoms with van der Waals surface area (Å²) in [4.78, 5) is 91.6. The summed E-state index contributed by atoms with van der Waals surface area (Å²) in [5.41, 5.74) is -1.01. The van der Waals surface area contributed by atoms with Crippen molar-refractivity contribution in [2.24, 2.45) is 5.16 Å². The highest BCUT2D eigenvalue weighted by molar-refractivity contribution is 14.1. The second-order valence-corrected chi connectivity index (χ2v) is 19.2. The molecule has 0 aliphatic carbocycles. The minimum atomic E-state index is -1.79. The van der Waals surface area contributed by atoms with Crippen molar-refractivity contribution in [1.29, 1.82) is 0 Å². The fourth-order valence-corrected chi connectivity index (χ4v) is 9.28. The number of thiazole rings is 1. The van der Waals surface area contributed by atoms with Gasteiger partial charge in [0.05, 0.1) is 37.2 Å². The van der Waals surface area contributed by atoms with E-state index in [4.69, 9.17) is 33.3 Å². The lowest BCUT2D eigenvalue weighted by Gasteiger charge is -2.49. The van der Waals surface area contributed by atoms with E-state index in [0.717, 1.165) is 16.2 Å². The minimum Gasteiger partial charge on any atom is -0.497 e. The molecule has 1 fully saturated rings. The van der Waals surface area contributed by atoms with Crippen molar-refractivity contribution in [3.63, 3.8) is 0 Å². The third-order valence-electron chi connectivity index (χ3n) is 8.79. The number of benzene rings is 2. The van der Waals surface area contributed by atoms with E-state index in [1.54, 1.807) is 90.1 Å². The van der Waals surface area contributed by atoms with Gasteiger partial charge in [0, 0.05) is 9.81 Å². The summed E-state index contributed by atoms with van der Waals surface area (Å²) >= 11 is 2.88. The van der Waals surface area contributed by atoms with E-state index in [9.17, 15) is 33.0 Å². The average Bonchev–Trinajstić information content (AvgIpc) is 3.69. The quantitative estimate of drug-likeness (QED) is 0.0347. The van der Waals surface area contributed by atoms with E-state index >= 15 is 0 Å². The number of nitrogens with zero attached hydrogens (tertiary/aromatic N) is 3. The van der Waals surface area contributed by atoms with E-state index in [0.29, 0.717) is 28.2 Å². The molecule has 5 rings (SSSR count). The van der Waals surface area contributed by atoms with Gasteiger partial charge < -0.3 is 38.6 Å². The first-order valence-corrected chi connectivity index (χ1v) is 23.3. The molecule has 0 bridgehead atoms. The van der Waals surface area contributed by atoms with Crippen LogP contribution in [-0.2, 0) is 71.8 Å². The number of methoxy groups -OCH3 is 2. The van der Waals surface area contributed by atoms with Crippen LogP contribution in [-0.4, -0.2) is 109 Å². The molecule has 3 aromatic rings. The Bertz CT molecular complexity index is 2320. The summed E-state index contributed by atoms with van der Waals surface area (Å²) in [5.74, 6) is -3.46. The molecule has 0 unspecified atom stereocenters. The molecule has 3 amide bonds. The standard InChI is InChI=1S/C42H48IN5O14S2/c1-41(2,3)60-30(49)17-29(37(52)58-19-23-9-13-26(56-7)14-10-23)62-47-31(28-21-63-39(44-28)46-40(54)61-42(4,5)6)34(50)45-32-35(51)48-33(25(18-43)22-64(55)36(32)48)38(53)59-20-24-11-15-27(57-8)16-12-24/h9-16,21,29,32,36H,17-20,22H2,1-8H3,(H,45,50)(H,44,46,54)/t29-,32+,36+,64+/m0/s1. The Morgan fingerprint density at radius 1 is 0.906 bits per heavy atom. The Hall–Kier alpha value is -5.62. The number of carbonyl (C=O) groups excluding carboxylic acids is 6. The van der Waals surface area contributed by atoms with Crippen molar-refractivity contribution in [2.75, 3.05) is 29.7 Å². The first-order chi connectivity index (χ1) is 30.2. The van der Waals surface area contributed by atoms with Gasteiger partial charge in [0.15, 0.2) is 10.8 Å². The predicted octanol–water partition coefficient (Wildman–Crippen LogP) is 4.92. The maximum absolute atomic E-state index is 14.2. The average molecular weight is 1040 g/mol. The fourth-order valence-electron chi connectivity index (χ4n) is 5.91. The molecule has 2 aliphatic rings. The highest BCUT2D eigenvalue weighted by Crippen LogP contribution is 2.36. The van der Waals surface area contributed by atoms with Gasteiger partial charge in [-0.15, -0.1) is 11.3 Å². The van der Waals surface area contributed by atoms with E-state index < -0.39 is 87.5 Å². The third-order valence-corrected chi connectivity index (χ3v) is 12.1. The Balaban J connectivity index is 1.41. The number of nitrogens with one attached hydrogen (secondary N) is 2. The predicted molar refractivity (Wildman–Crippen MR) is 241 cm³/mol. The van der Waals surface area contributed by atoms with Crippen LogP contribution in [0.3, 0.4) is 0 Å². The Kier molecular flexibility index (Phi) is 16.5. The maximum atomic E-state index is 14.2. The van der Waals surface area contributed by atoms with Crippen molar-refractivity contribution in [3.05, 3.63) is 82.0 Å². The lowest BCUT2D eigenvalue weighted by atomic mass is 10.0. The number of oxime groups is 1. The van der Waals surface area contributed by atoms with Gasteiger partial charge >= 0.3 is 24.0 Å². The second kappa shape index (κ2) is 21.4. The number of amides is 3. The molecule has 0 saturated carbocycles. The van der Waals surface area contributed by atoms with Crippen molar-refractivity contribution >= 4 is 91.4 Å². The zero-order valence-corrected chi connectivity index (χ0v) is 40.0. The van der Waals surface area contributed by atoms with Crippen LogP contribution in [0.15, 0.2) is 70.3 Å². The highest BCUT2D eigenvalue weighted by atomic mass is 127. The van der Waals surface area contributed by atoms with Crippen LogP contribution in [0.5, 0.6) is 11.5 Å². The largest absolute Gasteiger partial charge is 0.497 e. The molecule has 3 heterocycles. The number of halogens is 1. The third kappa shape index (κ3) is 13.2. The molecular formula is C42H48IN5O14S2. The molecule has 19 nitrogen and oxygen atoms in total. The second-order valence-electron chi connectivity index (χ2n) is 16.0. The summed E-state index contributed by atoms with van der Waals surface area (Å²) in [6, 6.07) is 12.1. The topological polar surface area (TPSA) is 237 Å². The van der Waals surface area contributed by atoms with Gasteiger partial charge in [-0.25, -0.2) is 19.4 Å². The van der Waals surface area contributed by atoms with Crippen LogP contribution in [0.4, 0.5) is 9.93 Å². The molecule has 2 N–H and O–H groups in total. The number of hydrogen-bond acceptors (Lipinski definition) is 17. The Morgan fingerprint density at radius 3 is 2.03 bits per heavy atom. The number of hydrogen-bond donors (Lipinski definition) is 2. The smallest absolute Gasteiger partial charge is 0.413 e. The molecule has 2 aromatic carbocycles. The van der Waals surface area contributed by atoms with Crippen LogP contribution in [0.2, 0.25) is 0 Å². The minimum absolute atomic E-state index is 0.0255. The van der Waals surface area contributed by atoms with Gasteiger partial charge in [0.25, 0.3) is 11.8 Å². The molecule has 0 radical (unpaired) electrons. The van der Waals surface area contributed by atoms with Gasteiger partial charge in [-0.05, 0) is 82.5 Å². The summed E-state index contributed by atoms with van der Waals surface area (Å²) < 4.78 is 46.0. The number of aromatic nitrogens is 1. The summed E-state index contributed by atoms with van der Waals surface area (Å²) in [6.45, 7) is 9.52. The van der Waals surface area contributed by atoms with Gasteiger partial charge in [0.1, 0.15) is 58.7 Å². The molecule has 22 heteroatoms. The summed E-state index contributed by atoms with van der Waals surface area (Å²) in [6.07, 6.45) is -3.30. The monoisotopic (exact) mass is 1040 g/mol. The Morgan fingerprint density at radius 2 is 1.48 bits per heavy atom. The number of esters is 3. The van der Waals surface area contributed by atoms with Crippen molar-refractivity contribution in [2.45, 2.75) is 89.9 Å². The van der Waals surface area contributed by atoms with Crippen molar-refractivity contribution in [1.82, 2.24) is 15.2 Å². The summed E-state index contributed by atoms with van der Waals surface area (Å²) in [7, 11) is 1.24. The SMILES string of the molecule is COc1ccc(COC(=O)C2=C(CI)C[S@@](=O)[C@@H]3[C@H](NC(=O)C(=NO[C@@H](CC(=O)OC(C)(C)C)C(=O)OCc4ccc(OC)cc4)c4csc(NC(=O)OC(C)(C)C)n4)C(=O)N23)cc1. The van der Waals surface area contributed by atoms with Crippen LogP contribution in [0.25, 0.3) is 0 Å².